The molecule has 2 heteroatoms. The van der Waals surface area contributed by atoms with Gasteiger partial charge in [0.15, 0.2) is 11.6 Å². The lowest BCUT2D eigenvalue weighted by Crippen LogP contribution is -2.37. The summed E-state index contributed by atoms with van der Waals surface area (Å²) in [5, 5.41) is 0. The fourth-order valence-corrected chi connectivity index (χ4v) is 8.39. The highest BCUT2D eigenvalue weighted by Gasteiger charge is 2.41. The van der Waals surface area contributed by atoms with Gasteiger partial charge in [0.2, 0.25) is 0 Å². The van der Waals surface area contributed by atoms with Gasteiger partial charge in [0, 0.05) is 0 Å². The Labute approximate surface area is 188 Å². The Hall–Kier alpha value is -0.920. The van der Waals surface area contributed by atoms with Gasteiger partial charge < -0.3 is 0 Å². The Kier molecular flexibility index (Phi) is 6.72. The fraction of sp³-hybridized carbons (Fsp3) is 0.793. The average molecular weight is 429 g/mol. The van der Waals surface area contributed by atoms with E-state index in [4.69, 9.17) is 0 Å². The molecule has 0 aliphatic heterocycles. The molecule has 5 rings (SSSR count). The summed E-state index contributed by atoms with van der Waals surface area (Å²) < 4.78 is 27.7. The summed E-state index contributed by atoms with van der Waals surface area (Å²) in [5.74, 6) is 5.22. The van der Waals surface area contributed by atoms with Crippen LogP contribution in [-0.4, -0.2) is 0 Å². The third-order valence-corrected chi connectivity index (χ3v) is 10.2. The zero-order chi connectivity index (χ0) is 21.4. The zero-order valence-corrected chi connectivity index (χ0v) is 19.6. The second-order valence-electron chi connectivity index (χ2n) is 11.7. The predicted octanol–water partition coefficient (Wildman–Crippen LogP) is 8.51. The van der Waals surface area contributed by atoms with Gasteiger partial charge in [-0.2, -0.15) is 0 Å². The first kappa shape index (κ1) is 21.9. The van der Waals surface area contributed by atoms with Gasteiger partial charge in [0.25, 0.3) is 0 Å². The van der Waals surface area contributed by atoms with Crippen molar-refractivity contribution < 1.29 is 8.78 Å². The zero-order valence-electron chi connectivity index (χ0n) is 19.6. The van der Waals surface area contributed by atoms with Crippen LogP contribution >= 0.6 is 0 Å². The van der Waals surface area contributed by atoms with Crippen molar-refractivity contribution >= 4 is 0 Å². The standard InChI is InChI=1S/C29H42F2/c1-2-3-19-4-6-20(7-5-19)21-8-9-23-17-24(11-10-22(23)16-21)25-12-14-27-26(18-25)13-15-28(30)29(27)31/h13,15,19-25H,2-12,14,16-18H2,1H3. The van der Waals surface area contributed by atoms with Gasteiger partial charge >= 0.3 is 0 Å². The average Bonchev–Trinajstić information content (AvgIpc) is 2.81. The van der Waals surface area contributed by atoms with Crippen LogP contribution in [0.4, 0.5) is 8.78 Å². The number of halogens is 2. The van der Waals surface area contributed by atoms with Gasteiger partial charge in [-0.05, 0) is 129 Å². The molecule has 0 aromatic heterocycles. The summed E-state index contributed by atoms with van der Waals surface area (Å²) in [6.45, 7) is 2.34. The van der Waals surface area contributed by atoms with Crippen LogP contribution in [0.15, 0.2) is 12.1 Å². The number of fused-ring (bicyclic) bond motifs is 2. The molecule has 0 saturated heterocycles. The van der Waals surface area contributed by atoms with Crippen molar-refractivity contribution in [2.24, 2.45) is 41.4 Å². The van der Waals surface area contributed by atoms with Gasteiger partial charge in [-0.15, -0.1) is 0 Å². The highest BCUT2D eigenvalue weighted by molar-refractivity contribution is 5.32. The highest BCUT2D eigenvalue weighted by Crippen LogP contribution is 2.51. The molecule has 0 nitrogen and oxygen atoms in total. The van der Waals surface area contributed by atoms with E-state index < -0.39 is 11.6 Å². The first-order valence-electron chi connectivity index (χ1n) is 13.6. The molecule has 4 aliphatic carbocycles. The molecule has 0 spiro atoms. The monoisotopic (exact) mass is 428 g/mol. The van der Waals surface area contributed by atoms with Gasteiger partial charge in [-0.1, -0.05) is 38.7 Å². The summed E-state index contributed by atoms with van der Waals surface area (Å²) in [4.78, 5) is 0. The summed E-state index contributed by atoms with van der Waals surface area (Å²) in [7, 11) is 0. The maximum absolute atomic E-state index is 14.1. The Morgan fingerprint density at radius 1 is 0.710 bits per heavy atom. The third-order valence-electron chi connectivity index (χ3n) is 10.2. The lowest BCUT2D eigenvalue weighted by Gasteiger charge is -2.47. The Balaban J connectivity index is 1.14. The van der Waals surface area contributed by atoms with Crippen molar-refractivity contribution in [1.82, 2.24) is 0 Å². The van der Waals surface area contributed by atoms with Crippen molar-refractivity contribution in [2.45, 2.75) is 103 Å². The van der Waals surface area contributed by atoms with E-state index in [0.29, 0.717) is 11.5 Å². The van der Waals surface area contributed by atoms with E-state index in [-0.39, 0.29) is 0 Å². The van der Waals surface area contributed by atoms with E-state index >= 15 is 0 Å². The lowest BCUT2D eigenvalue weighted by molar-refractivity contribution is 0.0439. The number of benzene rings is 1. The van der Waals surface area contributed by atoms with E-state index in [0.717, 1.165) is 60.3 Å². The molecule has 0 radical (unpaired) electrons. The molecule has 0 amide bonds. The van der Waals surface area contributed by atoms with Crippen LogP contribution in [0, 0.1) is 53.1 Å². The smallest absolute Gasteiger partial charge is 0.162 e. The normalized spacial score (nSPS) is 38.4. The highest BCUT2D eigenvalue weighted by atomic mass is 19.2. The fourth-order valence-electron chi connectivity index (χ4n) is 8.39. The minimum absolute atomic E-state index is 0.582. The van der Waals surface area contributed by atoms with E-state index in [9.17, 15) is 8.78 Å². The molecule has 4 aliphatic rings. The molecule has 172 valence electrons. The number of hydrogen-bond donors (Lipinski definition) is 0. The van der Waals surface area contributed by atoms with Crippen LogP contribution < -0.4 is 0 Å². The minimum atomic E-state index is -0.673. The molecule has 0 N–H and O–H groups in total. The number of rotatable bonds is 4. The van der Waals surface area contributed by atoms with Gasteiger partial charge in [0.05, 0.1) is 0 Å². The Morgan fingerprint density at radius 3 is 1.94 bits per heavy atom. The van der Waals surface area contributed by atoms with Crippen LogP contribution in [-0.2, 0) is 12.8 Å². The van der Waals surface area contributed by atoms with Crippen molar-refractivity contribution in [2.75, 3.05) is 0 Å². The first-order valence-corrected chi connectivity index (χ1v) is 13.6. The maximum Gasteiger partial charge on any atom is 0.162 e. The summed E-state index contributed by atoms with van der Waals surface area (Å²) >= 11 is 0. The molecule has 0 bridgehead atoms. The summed E-state index contributed by atoms with van der Waals surface area (Å²) in [5.41, 5.74) is 1.75. The molecule has 3 fully saturated rings. The predicted molar refractivity (Wildman–Crippen MR) is 124 cm³/mol. The van der Waals surface area contributed by atoms with Crippen LogP contribution in [0.1, 0.15) is 102 Å². The summed E-state index contributed by atoms with van der Waals surface area (Å²) in [6.07, 6.45) is 20.3. The van der Waals surface area contributed by atoms with E-state index in [1.165, 1.54) is 83.1 Å². The van der Waals surface area contributed by atoms with Crippen molar-refractivity contribution in [1.29, 1.82) is 0 Å². The van der Waals surface area contributed by atoms with Crippen LogP contribution in [0.25, 0.3) is 0 Å². The molecular weight excluding hydrogens is 386 g/mol. The third kappa shape index (κ3) is 4.60. The molecule has 0 heterocycles. The molecular formula is C29H42F2. The molecule has 31 heavy (non-hydrogen) atoms. The van der Waals surface area contributed by atoms with Crippen LogP contribution in [0.2, 0.25) is 0 Å². The van der Waals surface area contributed by atoms with Crippen molar-refractivity contribution in [3.8, 4) is 0 Å². The molecule has 5 unspecified atom stereocenters. The quantitative estimate of drug-likeness (QED) is 0.451. The second kappa shape index (κ2) is 9.52. The first-order chi connectivity index (χ1) is 15.1. The van der Waals surface area contributed by atoms with E-state index in [1.807, 2.05) is 6.07 Å². The Bertz CT molecular complexity index is 747. The minimum Gasteiger partial charge on any atom is -0.204 e. The van der Waals surface area contributed by atoms with Crippen LogP contribution in [0.3, 0.4) is 0 Å². The maximum atomic E-state index is 14.1. The number of hydrogen-bond acceptors (Lipinski definition) is 0. The molecule has 1 aromatic carbocycles. The molecule has 3 saturated carbocycles. The van der Waals surface area contributed by atoms with Crippen molar-refractivity contribution in [3.05, 3.63) is 34.9 Å². The van der Waals surface area contributed by atoms with Crippen LogP contribution in [0.5, 0.6) is 0 Å². The van der Waals surface area contributed by atoms with E-state index in [2.05, 4.69) is 6.92 Å². The summed E-state index contributed by atoms with van der Waals surface area (Å²) in [6, 6.07) is 3.19. The van der Waals surface area contributed by atoms with E-state index in [1.54, 1.807) is 0 Å². The van der Waals surface area contributed by atoms with Crippen molar-refractivity contribution in [3.63, 3.8) is 0 Å². The topological polar surface area (TPSA) is 0 Å². The Morgan fingerprint density at radius 2 is 1.29 bits per heavy atom. The molecule has 1 aromatic rings. The SMILES string of the molecule is CCCC1CCC(C2CCC3CC(C4CCc5c(ccc(F)c5F)C4)CCC3C2)CC1. The largest absolute Gasteiger partial charge is 0.204 e. The lowest BCUT2D eigenvalue weighted by atomic mass is 9.58. The van der Waals surface area contributed by atoms with Gasteiger partial charge in [0.1, 0.15) is 0 Å². The van der Waals surface area contributed by atoms with Gasteiger partial charge in [-0.3, -0.25) is 0 Å². The van der Waals surface area contributed by atoms with Gasteiger partial charge in [-0.25, -0.2) is 8.78 Å². The second-order valence-corrected chi connectivity index (χ2v) is 11.7. The molecule has 5 atom stereocenters.